The van der Waals surface area contributed by atoms with E-state index in [0.717, 1.165) is 25.0 Å². The molecule has 0 radical (unpaired) electrons. The van der Waals surface area contributed by atoms with Gasteiger partial charge >= 0.3 is 0 Å². The highest BCUT2D eigenvalue weighted by atomic mass is 16.1. The van der Waals surface area contributed by atoms with Crippen LogP contribution in [0.25, 0.3) is 0 Å². The normalized spacial score (nSPS) is 13.0. The zero-order valence-electron chi connectivity index (χ0n) is 12.5. The largest absolute Gasteiger partial charge is 0.303 e. The third kappa shape index (κ3) is 13.5. The molecule has 0 saturated heterocycles. The quantitative estimate of drug-likeness (QED) is 0.234. The molecule has 0 aliphatic carbocycles. The Morgan fingerprint density at radius 2 is 1.39 bits per heavy atom. The van der Waals surface area contributed by atoms with E-state index in [4.69, 9.17) is 0 Å². The summed E-state index contributed by atoms with van der Waals surface area (Å²) in [7, 11) is 0. The van der Waals surface area contributed by atoms with E-state index in [1.807, 2.05) is 0 Å². The third-order valence-electron chi connectivity index (χ3n) is 3.62. The molecule has 0 aromatic heterocycles. The van der Waals surface area contributed by atoms with E-state index in [9.17, 15) is 4.79 Å². The minimum absolute atomic E-state index is 0.742. The van der Waals surface area contributed by atoms with Gasteiger partial charge in [-0.25, -0.2) is 0 Å². The highest BCUT2D eigenvalue weighted by Crippen LogP contribution is 2.12. The Balaban J connectivity index is 3.11. The summed E-state index contributed by atoms with van der Waals surface area (Å²) in [5, 5.41) is 0. The molecule has 0 aromatic carbocycles. The molecule has 0 bridgehead atoms. The van der Waals surface area contributed by atoms with Crippen LogP contribution in [0.1, 0.15) is 84.5 Å². The van der Waals surface area contributed by atoms with Crippen LogP contribution in [0.4, 0.5) is 0 Å². The fourth-order valence-electron chi connectivity index (χ4n) is 2.04. The smallest absolute Gasteiger partial charge is 0.119 e. The number of allylic oxidation sites excluding steroid dienone is 2. The van der Waals surface area contributed by atoms with Crippen molar-refractivity contribution in [2.24, 2.45) is 5.92 Å². The Morgan fingerprint density at radius 1 is 0.833 bits per heavy atom. The van der Waals surface area contributed by atoms with Gasteiger partial charge in [-0.1, -0.05) is 58.1 Å². The Hall–Kier alpha value is -0.590. The van der Waals surface area contributed by atoms with Crippen LogP contribution in [0.15, 0.2) is 12.2 Å². The van der Waals surface area contributed by atoms with Crippen LogP contribution in [0, 0.1) is 5.92 Å². The van der Waals surface area contributed by atoms with Crippen molar-refractivity contribution in [3.8, 4) is 0 Å². The number of carbonyl (C=O) groups excluding carboxylic acids is 1. The highest BCUT2D eigenvalue weighted by molar-refractivity contribution is 5.48. The summed E-state index contributed by atoms with van der Waals surface area (Å²) in [6, 6.07) is 0. The van der Waals surface area contributed by atoms with E-state index >= 15 is 0 Å². The van der Waals surface area contributed by atoms with Gasteiger partial charge in [-0.15, -0.1) is 0 Å². The van der Waals surface area contributed by atoms with Crippen molar-refractivity contribution in [2.75, 3.05) is 0 Å². The molecular formula is C17H32O. The number of hydrogen-bond acceptors (Lipinski definition) is 1. The van der Waals surface area contributed by atoms with Crippen molar-refractivity contribution in [1.82, 2.24) is 0 Å². The lowest BCUT2D eigenvalue weighted by molar-refractivity contribution is -0.107. The van der Waals surface area contributed by atoms with E-state index in [-0.39, 0.29) is 0 Å². The minimum atomic E-state index is 0.742. The van der Waals surface area contributed by atoms with Crippen molar-refractivity contribution in [1.29, 1.82) is 0 Å². The summed E-state index contributed by atoms with van der Waals surface area (Å²) in [6.07, 6.45) is 19.2. The molecule has 0 heterocycles. The maximum absolute atomic E-state index is 10.1. The average molecular weight is 252 g/mol. The van der Waals surface area contributed by atoms with Gasteiger partial charge in [0, 0.05) is 6.42 Å². The van der Waals surface area contributed by atoms with Crippen molar-refractivity contribution >= 4 is 6.29 Å². The molecule has 0 saturated carbocycles. The molecule has 0 unspecified atom stereocenters. The lowest BCUT2D eigenvalue weighted by Gasteiger charge is -2.06. The molecule has 0 fully saturated rings. The second kappa shape index (κ2) is 14.5. The SMILES string of the molecule is CC[C@@H](C)CCCCC=CCCCCCCC=O. The molecule has 1 atom stereocenters. The van der Waals surface area contributed by atoms with Crippen molar-refractivity contribution in [2.45, 2.75) is 84.5 Å². The standard InChI is InChI=1S/C17H32O/c1-3-17(2)15-13-11-9-7-5-4-6-8-10-12-14-16-18/h5,7,16-17H,3-4,6,8-15H2,1-2H3/t17-/m1/s1. The first-order chi connectivity index (χ1) is 8.81. The molecule has 0 N–H and O–H groups in total. The van der Waals surface area contributed by atoms with Crippen LogP contribution < -0.4 is 0 Å². The number of carbonyl (C=O) groups is 1. The van der Waals surface area contributed by atoms with E-state index in [1.54, 1.807) is 0 Å². The molecule has 0 amide bonds. The summed E-state index contributed by atoms with van der Waals surface area (Å²) in [4.78, 5) is 10.1. The topological polar surface area (TPSA) is 17.1 Å². The second-order valence-corrected chi connectivity index (χ2v) is 5.43. The summed E-state index contributed by atoms with van der Waals surface area (Å²) in [5.74, 6) is 0.903. The number of rotatable bonds is 13. The summed E-state index contributed by atoms with van der Waals surface area (Å²) >= 11 is 0. The zero-order chi connectivity index (χ0) is 13.5. The van der Waals surface area contributed by atoms with Crippen LogP contribution in [-0.4, -0.2) is 6.29 Å². The van der Waals surface area contributed by atoms with Gasteiger partial charge in [0.25, 0.3) is 0 Å². The van der Waals surface area contributed by atoms with Crippen LogP contribution in [0.5, 0.6) is 0 Å². The second-order valence-electron chi connectivity index (χ2n) is 5.43. The first-order valence-electron chi connectivity index (χ1n) is 7.89. The Bertz CT molecular complexity index is 196. The maximum Gasteiger partial charge on any atom is 0.119 e. The van der Waals surface area contributed by atoms with Crippen LogP contribution in [0.2, 0.25) is 0 Å². The molecular weight excluding hydrogens is 220 g/mol. The van der Waals surface area contributed by atoms with E-state index in [2.05, 4.69) is 26.0 Å². The molecule has 1 heteroatoms. The average Bonchev–Trinajstić information content (AvgIpc) is 2.39. The summed E-state index contributed by atoms with van der Waals surface area (Å²) in [5.41, 5.74) is 0. The first-order valence-corrected chi connectivity index (χ1v) is 7.89. The van der Waals surface area contributed by atoms with E-state index in [1.165, 1.54) is 57.8 Å². The van der Waals surface area contributed by atoms with E-state index < -0.39 is 0 Å². The molecule has 18 heavy (non-hydrogen) atoms. The first kappa shape index (κ1) is 17.4. The lowest BCUT2D eigenvalue weighted by atomic mass is 10.0. The Kier molecular flexibility index (Phi) is 14.0. The Labute approximate surface area is 114 Å². The minimum Gasteiger partial charge on any atom is -0.303 e. The van der Waals surface area contributed by atoms with Crippen molar-refractivity contribution in [3.63, 3.8) is 0 Å². The monoisotopic (exact) mass is 252 g/mol. The number of unbranched alkanes of at least 4 members (excludes halogenated alkanes) is 7. The lowest BCUT2D eigenvalue weighted by Crippen LogP contribution is -1.90. The van der Waals surface area contributed by atoms with E-state index in [0.29, 0.717) is 0 Å². The van der Waals surface area contributed by atoms with Gasteiger partial charge in [-0.3, -0.25) is 0 Å². The van der Waals surface area contributed by atoms with Gasteiger partial charge in [0.1, 0.15) is 6.29 Å². The summed E-state index contributed by atoms with van der Waals surface area (Å²) in [6.45, 7) is 4.63. The van der Waals surface area contributed by atoms with Gasteiger partial charge < -0.3 is 4.79 Å². The zero-order valence-corrected chi connectivity index (χ0v) is 12.5. The van der Waals surface area contributed by atoms with Crippen LogP contribution >= 0.6 is 0 Å². The molecule has 106 valence electrons. The number of hydrogen-bond donors (Lipinski definition) is 0. The predicted octanol–water partition coefficient (Wildman–Crippen LogP) is 5.69. The Morgan fingerprint density at radius 3 is 1.94 bits per heavy atom. The fraction of sp³-hybridized carbons (Fsp3) is 0.824. The fourth-order valence-corrected chi connectivity index (χ4v) is 2.04. The van der Waals surface area contributed by atoms with Crippen molar-refractivity contribution in [3.05, 3.63) is 12.2 Å². The molecule has 0 rings (SSSR count). The van der Waals surface area contributed by atoms with Crippen molar-refractivity contribution < 1.29 is 4.79 Å². The van der Waals surface area contributed by atoms with Gasteiger partial charge in [0.05, 0.1) is 0 Å². The predicted molar refractivity (Wildman–Crippen MR) is 80.8 cm³/mol. The highest BCUT2D eigenvalue weighted by Gasteiger charge is 1.96. The van der Waals surface area contributed by atoms with Crippen LogP contribution in [0.3, 0.4) is 0 Å². The molecule has 0 aromatic rings. The van der Waals surface area contributed by atoms with Gasteiger partial charge in [-0.2, -0.15) is 0 Å². The molecule has 1 nitrogen and oxygen atoms in total. The molecule has 0 aliphatic rings. The van der Waals surface area contributed by atoms with Gasteiger partial charge in [-0.05, 0) is 38.0 Å². The molecule has 0 aliphatic heterocycles. The number of aldehydes is 1. The van der Waals surface area contributed by atoms with Gasteiger partial charge in [0.2, 0.25) is 0 Å². The maximum atomic E-state index is 10.1. The van der Waals surface area contributed by atoms with Crippen LogP contribution in [-0.2, 0) is 4.79 Å². The third-order valence-corrected chi connectivity index (χ3v) is 3.62. The molecule has 0 spiro atoms. The summed E-state index contributed by atoms with van der Waals surface area (Å²) < 4.78 is 0. The van der Waals surface area contributed by atoms with Gasteiger partial charge in [0.15, 0.2) is 0 Å².